The summed E-state index contributed by atoms with van der Waals surface area (Å²) in [5.74, 6) is -1.26. The molecule has 0 unspecified atom stereocenters. The number of rotatable bonds is 3. The Kier molecular flexibility index (Phi) is 6.83. The van der Waals surface area contributed by atoms with Crippen LogP contribution >= 0.6 is 23.2 Å². The Labute approximate surface area is 163 Å². The van der Waals surface area contributed by atoms with Crippen molar-refractivity contribution >= 4 is 40.5 Å². The van der Waals surface area contributed by atoms with Gasteiger partial charge in [-0.1, -0.05) is 47.5 Å². The molecule has 2 aromatic carbocycles. The van der Waals surface area contributed by atoms with E-state index in [1.807, 2.05) is 0 Å². The zero-order chi connectivity index (χ0) is 13.1. The molecule has 0 bridgehead atoms. The van der Waals surface area contributed by atoms with Gasteiger partial charge in [-0.25, -0.2) is 0 Å². The minimum Gasteiger partial charge on any atom is -0.545 e. The summed E-state index contributed by atoms with van der Waals surface area (Å²) in [5.41, 5.74) is 0.899. The maximum Gasteiger partial charge on any atom is 1.00 e. The first kappa shape index (κ1) is 17.0. The van der Waals surface area contributed by atoms with Gasteiger partial charge in [0, 0.05) is 11.3 Å². The molecule has 2 aromatic rings. The second-order valence-electron chi connectivity index (χ2n) is 3.55. The van der Waals surface area contributed by atoms with E-state index in [2.05, 4.69) is 5.32 Å². The summed E-state index contributed by atoms with van der Waals surface area (Å²) in [6.07, 6.45) is 0. The Morgan fingerprint density at radius 1 is 1.00 bits per heavy atom. The number of anilines is 2. The third kappa shape index (κ3) is 4.19. The van der Waals surface area contributed by atoms with Crippen molar-refractivity contribution in [2.75, 3.05) is 5.32 Å². The summed E-state index contributed by atoms with van der Waals surface area (Å²) < 4.78 is 0. The number of carbonyl (C=O) groups excluding carboxylic acids is 1. The number of hydrogen-bond donors (Lipinski definition) is 1. The van der Waals surface area contributed by atoms with Crippen molar-refractivity contribution < 1.29 is 61.3 Å². The van der Waals surface area contributed by atoms with E-state index < -0.39 is 5.97 Å². The van der Waals surface area contributed by atoms with Crippen LogP contribution in [0.1, 0.15) is 10.4 Å². The number of para-hydroxylation sites is 2. The number of halogens is 2. The second kappa shape index (κ2) is 7.64. The Balaban J connectivity index is 0.00000180. The van der Waals surface area contributed by atoms with Crippen LogP contribution in [0.25, 0.3) is 0 Å². The number of aromatic carboxylic acids is 1. The molecule has 0 radical (unpaired) electrons. The van der Waals surface area contributed by atoms with Crippen LogP contribution in [0, 0.1) is 0 Å². The fourth-order valence-corrected chi connectivity index (χ4v) is 2.01. The quantitative estimate of drug-likeness (QED) is 0.817. The molecule has 0 aliphatic rings. The Hall–Kier alpha value is -0.0736. The maximum absolute atomic E-state index is 11.0. The number of carboxylic acid groups (broad SMARTS) is 1. The van der Waals surface area contributed by atoms with Gasteiger partial charge in [0.25, 0.3) is 0 Å². The molecule has 92 valence electrons. The fraction of sp³-hybridized carbons (Fsp3) is 0. The minimum absolute atomic E-state index is 0. The topological polar surface area (TPSA) is 52.2 Å². The standard InChI is InChI=1S/C13H9Cl2NO2.K/c14-9-5-3-6-10(15)12(9)16-11-7-2-1-4-8(11)13(17)18;/h1-7,16H,(H,17,18);/q;+1/p-1. The molecule has 0 aliphatic carbocycles. The number of benzene rings is 2. The molecule has 0 atom stereocenters. The zero-order valence-corrected chi connectivity index (χ0v) is 14.7. The molecule has 0 aromatic heterocycles. The predicted octanol–water partition coefficient (Wildman–Crippen LogP) is 0.104. The van der Waals surface area contributed by atoms with Gasteiger partial charge < -0.3 is 15.2 Å². The van der Waals surface area contributed by atoms with Crippen LogP contribution in [-0.4, -0.2) is 5.97 Å². The molecule has 0 saturated heterocycles. The molecule has 0 heterocycles. The summed E-state index contributed by atoms with van der Waals surface area (Å²) in [5, 5.41) is 14.7. The summed E-state index contributed by atoms with van der Waals surface area (Å²) in [6, 6.07) is 11.4. The maximum atomic E-state index is 11.0. The monoisotopic (exact) mass is 319 g/mol. The first-order chi connectivity index (χ1) is 8.59. The van der Waals surface area contributed by atoms with Crippen LogP contribution in [0.4, 0.5) is 11.4 Å². The van der Waals surface area contributed by atoms with Gasteiger partial charge in [-0.2, -0.15) is 0 Å². The molecule has 6 heteroatoms. The van der Waals surface area contributed by atoms with Gasteiger partial charge in [0.2, 0.25) is 0 Å². The molecule has 0 spiro atoms. The first-order valence-electron chi connectivity index (χ1n) is 5.11. The van der Waals surface area contributed by atoms with E-state index >= 15 is 0 Å². The van der Waals surface area contributed by atoms with E-state index in [1.165, 1.54) is 6.07 Å². The average molecular weight is 320 g/mol. The number of hydrogen-bond acceptors (Lipinski definition) is 3. The van der Waals surface area contributed by atoms with Crippen molar-refractivity contribution in [3.05, 3.63) is 58.1 Å². The molecule has 3 nitrogen and oxygen atoms in total. The van der Waals surface area contributed by atoms with E-state index in [1.54, 1.807) is 36.4 Å². The molecule has 0 amide bonds. The van der Waals surface area contributed by atoms with Crippen LogP contribution in [-0.2, 0) is 0 Å². The molecular weight excluding hydrogens is 312 g/mol. The predicted molar refractivity (Wildman–Crippen MR) is 70.5 cm³/mol. The van der Waals surface area contributed by atoms with Gasteiger partial charge in [0.1, 0.15) is 0 Å². The van der Waals surface area contributed by atoms with Gasteiger partial charge >= 0.3 is 51.4 Å². The van der Waals surface area contributed by atoms with Crippen LogP contribution in [0.15, 0.2) is 42.5 Å². The summed E-state index contributed by atoms with van der Waals surface area (Å²) in [7, 11) is 0. The molecule has 2 rings (SSSR count). The van der Waals surface area contributed by atoms with E-state index in [4.69, 9.17) is 23.2 Å². The molecule has 0 saturated carbocycles. The molecular formula is C13H8Cl2KNO2. The molecule has 0 fully saturated rings. The van der Waals surface area contributed by atoms with Crippen LogP contribution < -0.4 is 61.8 Å². The molecule has 19 heavy (non-hydrogen) atoms. The average Bonchev–Trinajstić information content (AvgIpc) is 2.34. The Morgan fingerprint density at radius 3 is 2.16 bits per heavy atom. The molecule has 0 aliphatic heterocycles. The van der Waals surface area contributed by atoms with Gasteiger partial charge in [0.05, 0.1) is 21.7 Å². The van der Waals surface area contributed by atoms with E-state index in [9.17, 15) is 9.90 Å². The van der Waals surface area contributed by atoms with Gasteiger partial charge in [-0.3, -0.25) is 0 Å². The summed E-state index contributed by atoms with van der Waals surface area (Å²) >= 11 is 12.0. The van der Waals surface area contributed by atoms with Gasteiger partial charge in [-0.05, 0) is 18.2 Å². The van der Waals surface area contributed by atoms with Gasteiger partial charge in [0.15, 0.2) is 0 Å². The number of carboxylic acids is 1. The fourth-order valence-electron chi connectivity index (χ4n) is 1.52. The van der Waals surface area contributed by atoms with E-state index in [0.717, 1.165) is 0 Å². The summed E-state index contributed by atoms with van der Waals surface area (Å²) in [6.45, 7) is 0. The Morgan fingerprint density at radius 2 is 1.58 bits per heavy atom. The van der Waals surface area contributed by atoms with Crippen molar-refractivity contribution in [3.63, 3.8) is 0 Å². The normalized spacial score (nSPS) is 9.58. The van der Waals surface area contributed by atoms with Crippen molar-refractivity contribution in [1.29, 1.82) is 0 Å². The van der Waals surface area contributed by atoms with Crippen molar-refractivity contribution in [3.8, 4) is 0 Å². The number of nitrogens with one attached hydrogen (secondary N) is 1. The first-order valence-corrected chi connectivity index (χ1v) is 5.86. The Bertz CT molecular complexity index is 585. The van der Waals surface area contributed by atoms with Crippen molar-refractivity contribution in [2.24, 2.45) is 0 Å². The van der Waals surface area contributed by atoms with E-state index in [-0.39, 0.29) is 56.9 Å². The number of carbonyl (C=O) groups is 1. The third-order valence-corrected chi connectivity index (χ3v) is 3.00. The SMILES string of the molecule is O=C([O-])c1ccccc1Nc1c(Cl)cccc1Cl.[K+]. The second-order valence-corrected chi connectivity index (χ2v) is 4.37. The van der Waals surface area contributed by atoms with Crippen LogP contribution in [0.2, 0.25) is 10.0 Å². The minimum atomic E-state index is -1.26. The van der Waals surface area contributed by atoms with E-state index in [0.29, 0.717) is 21.4 Å². The summed E-state index contributed by atoms with van der Waals surface area (Å²) in [4.78, 5) is 11.0. The van der Waals surface area contributed by atoms with Crippen molar-refractivity contribution in [1.82, 2.24) is 0 Å². The van der Waals surface area contributed by atoms with Crippen LogP contribution in [0.5, 0.6) is 0 Å². The zero-order valence-electron chi connectivity index (χ0n) is 10.1. The van der Waals surface area contributed by atoms with Crippen LogP contribution in [0.3, 0.4) is 0 Å². The van der Waals surface area contributed by atoms with Gasteiger partial charge in [-0.15, -0.1) is 0 Å². The smallest absolute Gasteiger partial charge is 0.545 e. The molecule has 1 N–H and O–H groups in total. The largest absolute Gasteiger partial charge is 1.00 e. The van der Waals surface area contributed by atoms with Crippen molar-refractivity contribution in [2.45, 2.75) is 0 Å². The third-order valence-electron chi connectivity index (χ3n) is 2.37.